The van der Waals surface area contributed by atoms with E-state index in [9.17, 15) is 4.79 Å². The van der Waals surface area contributed by atoms with E-state index in [0.29, 0.717) is 18.0 Å². The summed E-state index contributed by atoms with van der Waals surface area (Å²) < 4.78 is 5.49. The number of hydrogen-bond donors (Lipinski definition) is 1. The summed E-state index contributed by atoms with van der Waals surface area (Å²) in [7, 11) is 0. The minimum atomic E-state index is -0.0982. The van der Waals surface area contributed by atoms with Crippen molar-refractivity contribution in [3.63, 3.8) is 0 Å². The van der Waals surface area contributed by atoms with Crippen LogP contribution in [0, 0.1) is 6.92 Å². The summed E-state index contributed by atoms with van der Waals surface area (Å²) in [4.78, 5) is 17.7. The molecule has 3 aromatic rings. The standard InChI is InChI=1S/C20H20N2O2S/c1-3-24-17-11-7-8-15(12-17)13-21-19(23)18-14(2)22-20(25-18)16-9-5-4-6-10-16/h4-12H,3,13H2,1-2H3,(H,21,23). The van der Waals surface area contributed by atoms with Crippen LogP contribution in [0.25, 0.3) is 10.6 Å². The van der Waals surface area contributed by atoms with Gasteiger partial charge in [0, 0.05) is 12.1 Å². The molecule has 0 spiro atoms. The lowest BCUT2D eigenvalue weighted by Gasteiger charge is -2.07. The molecule has 3 rings (SSSR count). The number of nitrogens with zero attached hydrogens (tertiary/aromatic N) is 1. The molecule has 4 nitrogen and oxygen atoms in total. The van der Waals surface area contributed by atoms with Crippen LogP contribution < -0.4 is 10.1 Å². The maximum Gasteiger partial charge on any atom is 0.263 e. The molecule has 2 aromatic carbocycles. The molecule has 0 saturated heterocycles. The van der Waals surface area contributed by atoms with Crippen molar-refractivity contribution in [3.05, 3.63) is 70.7 Å². The molecule has 0 aliphatic carbocycles. The molecule has 1 aromatic heterocycles. The Morgan fingerprint density at radius 1 is 1.16 bits per heavy atom. The average Bonchev–Trinajstić information content (AvgIpc) is 3.03. The maximum absolute atomic E-state index is 12.5. The van der Waals surface area contributed by atoms with Crippen molar-refractivity contribution < 1.29 is 9.53 Å². The first-order chi connectivity index (χ1) is 12.2. The summed E-state index contributed by atoms with van der Waals surface area (Å²) in [5.41, 5.74) is 2.79. The van der Waals surface area contributed by atoms with Gasteiger partial charge in [0.2, 0.25) is 0 Å². The number of amides is 1. The highest BCUT2D eigenvalue weighted by Gasteiger charge is 2.16. The summed E-state index contributed by atoms with van der Waals surface area (Å²) >= 11 is 1.42. The molecule has 0 atom stereocenters. The van der Waals surface area contributed by atoms with Gasteiger partial charge in [-0.3, -0.25) is 4.79 Å². The molecular formula is C20H20N2O2S. The van der Waals surface area contributed by atoms with Crippen molar-refractivity contribution in [2.45, 2.75) is 20.4 Å². The van der Waals surface area contributed by atoms with Crippen LogP contribution in [0.2, 0.25) is 0 Å². The second-order valence-corrected chi connectivity index (χ2v) is 6.56. The Balaban J connectivity index is 1.69. The van der Waals surface area contributed by atoms with Gasteiger partial charge in [-0.25, -0.2) is 4.98 Å². The number of nitrogens with one attached hydrogen (secondary N) is 1. The predicted octanol–water partition coefficient (Wildman–Crippen LogP) is 4.45. The van der Waals surface area contributed by atoms with Crippen LogP contribution in [-0.2, 0) is 6.54 Å². The first kappa shape index (κ1) is 17.2. The van der Waals surface area contributed by atoms with Crippen molar-refractivity contribution >= 4 is 17.2 Å². The van der Waals surface area contributed by atoms with Crippen LogP contribution in [0.15, 0.2) is 54.6 Å². The van der Waals surface area contributed by atoms with Gasteiger partial charge in [-0.1, -0.05) is 42.5 Å². The zero-order valence-corrected chi connectivity index (χ0v) is 15.1. The number of carbonyl (C=O) groups is 1. The number of benzene rings is 2. The Morgan fingerprint density at radius 2 is 1.96 bits per heavy atom. The summed E-state index contributed by atoms with van der Waals surface area (Å²) in [5, 5.41) is 3.83. The number of rotatable bonds is 6. The van der Waals surface area contributed by atoms with Gasteiger partial charge in [-0.2, -0.15) is 0 Å². The van der Waals surface area contributed by atoms with Crippen molar-refractivity contribution in [3.8, 4) is 16.3 Å². The van der Waals surface area contributed by atoms with E-state index in [0.717, 1.165) is 27.6 Å². The number of hydrogen-bond acceptors (Lipinski definition) is 4. The molecule has 0 bridgehead atoms. The fourth-order valence-corrected chi connectivity index (χ4v) is 3.47. The molecule has 0 unspecified atom stereocenters. The summed E-state index contributed by atoms with van der Waals surface area (Å²) in [5.74, 6) is 0.716. The van der Waals surface area contributed by atoms with Gasteiger partial charge in [0.05, 0.1) is 12.3 Å². The number of carbonyl (C=O) groups excluding carboxylic acids is 1. The third-order valence-electron chi connectivity index (χ3n) is 3.69. The minimum absolute atomic E-state index is 0.0982. The molecule has 0 radical (unpaired) electrons. The molecular weight excluding hydrogens is 332 g/mol. The monoisotopic (exact) mass is 352 g/mol. The van der Waals surface area contributed by atoms with E-state index in [1.54, 1.807) is 0 Å². The molecule has 0 fully saturated rings. The van der Waals surface area contributed by atoms with Crippen LogP contribution in [-0.4, -0.2) is 17.5 Å². The van der Waals surface area contributed by atoms with E-state index in [-0.39, 0.29) is 5.91 Å². The third-order valence-corrected chi connectivity index (χ3v) is 4.89. The molecule has 0 aliphatic rings. The van der Waals surface area contributed by atoms with Crippen LogP contribution in [0.5, 0.6) is 5.75 Å². The summed E-state index contributed by atoms with van der Waals surface area (Å²) in [6, 6.07) is 17.7. The van der Waals surface area contributed by atoms with Gasteiger partial charge < -0.3 is 10.1 Å². The average molecular weight is 352 g/mol. The van der Waals surface area contributed by atoms with Crippen molar-refractivity contribution in [2.24, 2.45) is 0 Å². The number of aryl methyl sites for hydroxylation is 1. The number of aromatic nitrogens is 1. The van der Waals surface area contributed by atoms with Crippen LogP contribution in [0.3, 0.4) is 0 Å². The fourth-order valence-electron chi connectivity index (χ4n) is 2.49. The van der Waals surface area contributed by atoms with Crippen molar-refractivity contribution in [2.75, 3.05) is 6.61 Å². The Morgan fingerprint density at radius 3 is 2.72 bits per heavy atom. The van der Waals surface area contributed by atoms with E-state index in [1.807, 2.05) is 68.4 Å². The van der Waals surface area contributed by atoms with Gasteiger partial charge >= 0.3 is 0 Å². The van der Waals surface area contributed by atoms with Gasteiger partial charge in [0.15, 0.2) is 0 Å². The normalized spacial score (nSPS) is 10.5. The molecule has 0 saturated carbocycles. The summed E-state index contributed by atoms with van der Waals surface area (Å²) in [6.07, 6.45) is 0. The zero-order chi connectivity index (χ0) is 17.6. The Bertz CT molecular complexity index is 859. The SMILES string of the molecule is CCOc1cccc(CNC(=O)c2sc(-c3ccccc3)nc2C)c1. The molecule has 128 valence electrons. The number of ether oxygens (including phenoxy) is 1. The van der Waals surface area contributed by atoms with Gasteiger partial charge in [-0.05, 0) is 31.5 Å². The van der Waals surface area contributed by atoms with Crippen molar-refractivity contribution in [1.82, 2.24) is 10.3 Å². The van der Waals surface area contributed by atoms with Crippen LogP contribution in [0.1, 0.15) is 27.9 Å². The molecule has 1 N–H and O–H groups in total. The first-order valence-corrected chi connectivity index (χ1v) is 9.02. The molecule has 25 heavy (non-hydrogen) atoms. The molecule has 0 aliphatic heterocycles. The number of thiazole rings is 1. The Kier molecular flexibility index (Phi) is 5.46. The molecule has 1 amide bonds. The Hall–Kier alpha value is -2.66. The first-order valence-electron chi connectivity index (χ1n) is 8.20. The van der Waals surface area contributed by atoms with Crippen LogP contribution >= 0.6 is 11.3 Å². The van der Waals surface area contributed by atoms with Crippen molar-refractivity contribution in [1.29, 1.82) is 0 Å². The van der Waals surface area contributed by atoms with E-state index >= 15 is 0 Å². The zero-order valence-electron chi connectivity index (χ0n) is 14.3. The van der Waals surface area contributed by atoms with E-state index in [4.69, 9.17) is 4.74 Å². The summed E-state index contributed by atoms with van der Waals surface area (Å²) in [6.45, 7) is 4.90. The van der Waals surface area contributed by atoms with Crippen LogP contribution in [0.4, 0.5) is 0 Å². The third kappa shape index (κ3) is 4.25. The Labute approximate surface area is 151 Å². The van der Waals surface area contributed by atoms with Gasteiger partial charge in [0.1, 0.15) is 15.6 Å². The second kappa shape index (κ2) is 7.94. The molecule has 5 heteroatoms. The minimum Gasteiger partial charge on any atom is -0.494 e. The quantitative estimate of drug-likeness (QED) is 0.713. The second-order valence-electron chi connectivity index (χ2n) is 5.56. The lowest BCUT2D eigenvalue weighted by Crippen LogP contribution is -2.22. The largest absolute Gasteiger partial charge is 0.494 e. The van der Waals surface area contributed by atoms with E-state index in [1.165, 1.54) is 11.3 Å². The van der Waals surface area contributed by atoms with Gasteiger partial charge in [-0.15, -0.1) is 11.3 Å². The lowest BCUT2D eigenvalue weighted by atomic mass is 10.2. The molecule has 1 heterocycles. The highest BCUT2D eigenvalue weighted by Crippen LogP contribution is 2.27. The van der Waals surface area contributed by atoms with E-state index in [2.05, 4.69) is 10.3 Å². The van der Waals surface area contributed by atoms with Gasteiger partial charge in [0.25, 0.3) is 5.91 Å². The highest BCUT2D eigenvalue weighted by atomic mass is 32.1. The smallest absolute Gasteiger partial charge is 0.263 e. The maximum atomic E-state index is 12.5. The topological polar surface area (TPSA) is 51.2 Å². The fraction of sp³-hybridized carbons (Fsp3) is 0.200. The lowest BCUT2D eigenvalue weighted by molar-refractivity contribution is 0.0954. The predicted molar refractivity (Wildman–Crippen MR) is 101 cm³/mol. The highest BCUT2D eigenvalue weighted by molar-refractivity contribution is 7.17. The van der Waals surface area contributed by atoms with E-state index < -0.39 is 0 Å².